The second-order valence-electron chi connectivity index (χ2n) is 4.57. The van der Waals surface area contributed by atoms with E-state index in [-0.39, 0.29) is 12.4 Å². The molecule has 1 heterocycles. The molecule has 0 amide bonds. The SMILES string of the molecule is C/C(=N/OCCN1CCCC1)c1ccc(Cl)cc1.Cl. The summed E-state index contributed by atoms with van der Waals surface area (Å²) >= 11 is 5.84. The summed E-state index contributed by atoms with van der Waals surface area (Å²) in [7, 11) is 0. The summed E-state index contributed by atoms with van der Waals surface area (Å²) in [6.07, 6.45) is 2.63. The standard InChI is InChI=1S/C14H19ClN2O.ClH/c1-12(13-4-6-14(15)7-5-13)16-18-11-10-17-8-2-3-9-17;/h4-7H,2-3,8-11H2,1H3;1H/b16-12-;. The maximum atomic E-state index is 5.84. The lowest BCUT2D eigenvalue weighted by Crippen LogP contribution is -2.23. The molecule has 0 unspecified atom stereocenters. The third-order valence-electron chi connectivity index (χ3n) is 3.16. The fourth-order valence-corrected chi connectivity index (χ4v) is 2.19. The van der Waals surface area contributed by atoms with E-state index in [9.17, 15) is 0 Å². The zero-order valence-corrected chi connectivity index (χ0v) is 12.7. The molecule has 0 spiro atoms. The second kappa shape index (κ2) is 8.41. The molecule has 1 aliphatic heterocycles. The number of rotatable bonds is 5. The minimum absolute atomic E-state index is 0. The van der Waals surface area contributed by atoms with Crippen molar-refractivity contribution < 1.29 is 4.84 Å². The smallest absolute Gasteiger partial charge is 0.129 e. The Morgan fingerprint density at radius 1 is 1.26 bits per heavy atom. The van der Waals surface area contributed by atoms with Gasteiger partial charge in [0.05, 0.1) is 5.71 Å². The molecule has 0 aromatic heterocycles. The summed E-state index contributed by atoms with van der Waals surface area (Å²) in [5.41, 5.74) is 1.92. The first-order chi connectivity index (χ1) is 8.75. The van der Waals surface area contributed by atoms with Crippen LogP contribution in [0.3, 0.4) is 0 Å². The number of hydrogen-bond acceptors (Lipinski definition) is 3. The first kappa shape index (κ1) is 16.3. The van der Waals surface area contributed by atoms with Crippen LogP contribution < -0.4 is 0 Å². The predicted octanol–water partition coefficient (Wildman–Crippen LogP) is 3.60. The number of halogens is 2. The third kappa shape index (κ3) is 5.39. The molecule has 0 bridgehead atoms. The summed E-state index contributed by atoms with van der Waals surface area (Å²) in [6.45, 7) is 5.97. The largest absolute Gasteiger partial charge is 0.394 e. The Balaban J connectivity index is 0.00000180. The zero-order chi connectivity index (χ0) is 12.8. The van der Waals surface area contributed by atoms with Crippen LogP contribution >= 0.6 is 24.0 Å². The molecule has 0 atom stereocenters. The van der Waals surface area contributed by atoms with E-state index in [0.29, 0.717) is 6.61 Å². The van der Waals surface area contributed by atoms with Gasteiger partial charge in [-0.2, -0.15) is 0 Å². The zero-order valence-electron chi connectivity index (χ0n) is 11.1. The Morgan fingerprint density at radius 3 is 2.53 bits per heavy atom. The number of oxime groups is 1. The van der Waals surface area contributed by atoms with Gasteiger partial charge in [0, 0.05) is 11.6 Å². The van der Waals surface area contributed by atoms with Gasteiger partial charge in [0.1, 0.15) is 6.61 Å². The summed E-state index contributed by atoms with van der Waals surface area (Å²) in [5, 5.41) is 4.87. The summed E-state index contributed by atoms with van der Waals surface area (Å²) in [6, 6.07) is 7.62. The molecule has 5 heteroatoms. The molecule has 0 N–H and O–H groups in total. The number of likely N-dealkylation sites (tertiary alicyclic amines) is 1. The van der Waals surface area contributed by atoms with Gasteiger partial charge in [-0.1, -0.05) is 28.9 Å². The Labute approximate surface area is 126 Å². The van der Waals surface area contributed by atoms with Gasteiger partial charge in [-0.15, -0.1) is 12.4 Å². The van der Waals surface area contributed by atoms with Crippen LogP contribution in [0.15, 0.2) is 29.4 Å². The van der Waals surface area contributed by atoms with Crippen molar-refractivity contribution in [2.24, 2.45) is 5.16 Å². The van der Waals surface area contributed by atoms with Crippen LogP contribution in [0.4, 0.5) is 0 Å². The topological polar surface area (TPSA) is 24.8 Å². The predicted molar refractivity (Wildman–Crippen MR) is 82.5 cm³/mol. The fraction of sp³-hybridized carbons (Fsp3) is 0.500. The van der Waals surface area contributed by atoms with Crippen molar-refractivity contribution in [2.75, 3.05) is 26.2 Å². The Hall–Kier alpha value is -0.770. The van der Waals surface area contributed by atoms with E-state index in [1.807, 2.05) is 31.2 Å². The van der Waals surface area contributed by atoms with Crippen LogP contribution in [-0.4, -0.2) is 36.9 Å². The lowest BCUT2D eigenvalue weighted by Gasteiger charge is -2.12. The molecule has 1 aliphatic rings. The summed E-state index contributed by atoms with van der Waals surface area (Å²) < 4.78 is 0. The lowest BCUT2D eigenvalue weighted by molar-refractivity contribution is 0.119. The monoisotopic (exact) mass is 302 g/mol. The quantitative estimate of drug-likeness (QED) is 0.472. The highest BCUT2D eigenvalue weighted by Gasteiger charge is 2.10. The lowest BCUT2D eigenvalue weighted by atomic mass is 10.1. The van der Waals surface area contributed by atoms with Crippen molar-refractivity contribution in [3.8, 4) is 0 Å². The maximum absolute atomic E-state index is 5.84. The molecular formula is C14H20Cl2N2O. The van der Waals surface area contributed by atoms with E-state index < -0.39 is 0 Å². The van der Waals surface area contributed by atoms with E-state index in [0.717, 1.165) is 22.8 Å². The van der Waals surface area contributed by atoms with Crippen LogP contribution in [0.5, 0.6) is 0 Å². The van der Waals surface area contributed by atoms with E-state index in [1.165, 1.54) is 25.9 Å². The van der Waals surface area contributed by atoms with Crippen molar-refractivity contribution in [1.29, 1.82) is 0 Å². The van der Waals surface area contributed by atoms with Crippen molar-refractivity contribution in [1.82, 2.24) is 4.90 Å². The van der Waals surface area contributed by atoms with Gasteiger partial charge in [0.25, 0.3) is 0 Å². The second-order valence-corrected chi connectivity index (χ2v) is 5.00. The van der Waals surface area contributed by atoms with E-state index in [2.05, 4.69) is 10.1 Å². The van der Waals surface area contributed by atoms with Gasteiger partial charge in [0.2, 0.25) is 0 Å². The van der Waals surface area contributed by atoms with Gasteiger partial charge in [0.15, 0.2) is 0 Å². The Morgan fingerprint density at radius 2 is 1.89 bits per heavy atom. The number of nitrogens with zero attached hydrogens (tertiary/aromatic N) is 2. The molecule has 3 nitrogen and oxygen atoms in total. The summed E-state index contributed by atoms with van der Waals surface area (Å²) in [5.74, 6) is 0. The molecule has 1 saturated heterocycles. The minimum atomic E-state index is 0. The molecule has 0 saturated carbocycles. The normalized spacial score (nSPS) is 16.2. The average molecular weight is 303 g/mol. The van der Waals surface area contributed by atoms with Crippen molar-refractivity contribution in [2.45, 2.75) is 19.8 Å². The molecule has 2 rings (SSSR count). The first-order valence-electron chi connectivity index (χ1n) is 6.40. The highest BCUT2D eigenvalue weighted by atomic mass is 35.5. The average Bonchev–Trinajstić information content (AvgIpc) is 2.88. The van der Waals surface area contributed by atoms with Gasteiger partial charge < -0.3 is 4.84 Å². The van der Waals surface area contributed by atoms with Crippen molar-refractivity contribution >= 4 is 29.7 Å². The maximum Gasteiger partial charge on any atom is 0.129 e. The van der Waals surface area contributed by atoms with Crippen LogP contribution in [-0.2, 0) is 4.84 Å². The van der Waals surface area contributed by atoms with E-state index >= 15 is 0 Å². The Bertz CT molecular complexity index is 400. The van der Waals surface area contributed by atoms with Gasteiger partial charge in [-0.3, -0.25) is 4.90 Å². The molecule has 106 valence electrons. The molecule has 19 heavy (non-hydrogen) atoms. The third-order valence-corrected chi connectivity index (χ3v) is 3.41. The van der Waals surface area contributed by atoms with Gasteiger partial charge in [-0.25, -0.2) is 0 Å². The number of benzene rings is 1. The van der Waals surface area contributed by atoms with Crippen LogP contribution in [0.25, 0.3) is 0 Å². The molecule has 0 aliphatic carbocycles. The van der Waals surface area contributed by atoms with Crippen LogP contribution in [0.1, 0.15) is 25.3 Å². The first-order valence-corrected chi connectivity index (χ1v) is 6.78. The molecule has 1 fully saturated rings. The molecule has 1 aromatic carbocycles. The van der Waals surface area contributed by atoms with E-state index in [1.54, 1.807) is 0 Å². The molecule has 1 aromatic rings. The van der Waals surface area contributed by atoms with Crippen molar-refractivity contribution in [3.63, 3.8) is 0 Å². The van der Waals surface area contributed by atoms with E-state index in [4.69, 9.17) is 16.4 Å². The van der Waals surface area contributed by atoms with Crippen LogP contribution in [0.2, 0.25) is 5.02 Å². The van der Waals surface area contributed by atoms with Gasteiger partial charge in [-0.05, 0) is 50.6 Å². The highest BCUT2D eigenvalue weighted by molar-refractivity contribution is 6.30. The molecule has 0 radical (unpaired) electrons. The highest BCUT2D eigenvalue weighted by Crippen LogP contribution is 2.10. The van der Waals surface area contributed by atoms with Gasteiger partial charge >= 0.3 is 0 Å². The number of hydrogen-bond donors (Lipinski definition) is 0. The fourth-order valence-electron chi connectivity index (χ4n) is 2.06. The minimum Gasteiger partial charge on any atom is -0.394 e. The molecular weight excluding hydrogens is 283 g/mol. The van der Waals surface area contributed by atoms with Crippen molar-refractivity contribution in [3.05, 3.63) is 34.9 Å². The summed E-state index contributed by atoms with van der Waals surface area (Å²) in [4.78, 5) is 7.77. The van der Waals surface area contributed by atoms with Crippen LogP contribution in [0, 0.1) is 0 Å². The Kier molecular flexibility index (Phi) is 7.21.